The van der Waals surface area contributed by atoms with Gasteiger partial charge in [0.1, 0.15) is 0 Å². The highest BCUT2D eigenvalue weighted by molar-refractivity contribution is 5.69. The van der Waals surface area contributed by atoms with Crippen molar-refractivity contribution in [2.45, 2.75) is 46.0 Å². The first-order chi connectivity index (χ1) is 5.31. The smallest absolute Gasteiger partial charge is 0.305 e. The number of hydrogen-bond donors (Lipinski definition) is 0. The zero-order chi connectivity index (χ0) is 8.53. The molecule has 2 nitrogen and oxygen atoms in total. The molecule has 1 aliphatic heterocycles. The summed E-state index contributed by atoms with van der Waals surface area (Å²) in [6, 6.07) is 0. The molecule has 0 bridgehead atoms. The SMILES string of the molecule is CCC.O=C1CCCCCO1. The fourth-order valence-electron chi connectivity index (χ4n) is 0.806. The fraction of sp³-hybridized carbons (Fsp3) is 0.889. The minimum Gasteiger partial charge on any atom is -0.466 e. The number of cyclic esters (lactones) is 1. The maximum absolute atomic E-state index is 10.5. The van der Waals surface area contributed by atoms with Gasteiger partial charge in [0.05, 0.1) is 6.61 Å². The van der Waals surface area contributed by atoms with Crippen LogP contribution in [0.5, 0.6) is 0 Å². The van der Waals surface area contributed by atoms with E-state index in [0.29, 0.717) is 13.0 Å². The summed E-state index contributed by atoms with van der Waals surface area (Å²) in [4.78, 5) is 10.5. The summed E-state index contributed by atoms with van der Waals surface area (Å²) in [5.41, 5.74) is 0. The van der Waals surface area contributed by atoms with Crippen molar-refractivity contribution < 1.29 is 9.53 Å². The molecule has 2 heteroatoms. The maximum Gasteiger partial charge on any atom is 0.305 e. The number of hydrogen-bond acceptors (Lipinski definition) is 2. The summed E-state index contributed by atoms with van der Waals surface area (Å²) in [6.45, 7) is 4.89. The van der Waals surface area contributed by atoms with E-state index in [9.17, 15) is 4.79 Å². The van der Waals surface area contributed by atoms with Gasteiger partial charge in [-0.05, 0) is 19.3 Å². The van der Waals surface area contributed by atoms with Gasteiger partial charge >= 0.3 is 5.97 Å². The minimum atomic E-state index is -0.0255. The topological polar surface area (TPSA) is 26.3 Å². The first-order valence-electron chi connectivity index (χ1n) is 4.46. The Hall–Kier alpha value is -0.530. The Labute approximate surface area is 68.9 Å². The maximum atomic E-state index is 10.5. The third-order valence-electron chi connectivity index (χ3n) is 1.29. The van der Waals surface area contributed by atoms with Crippen LogP contribution in [0, 0.1) is 0 Å². The second-order valence-electron chi connectivity index (χ2n) is 2.74. The van der Waals surface area contributed by atoms with Crippen LogP contribution >= 0.6 is 0 Å². The summed E-state index contributed by atoms with van der Waals surface area (Å²) in [5.74, 6) is -0.0255. The summed E-state index contributed by atoms with van der Waals surface area (Å²) < 4.78 is 4.76. The molecule has 1 saturated heterocycles. The summed E-state index contributed by atoms with van der Waals surface area (Å²) in [7, 11) is 0. The molecule has 0 spiro atoms. The van der Waals surface area contributed by atoms with Crippen molar-refractivity contribution >= 4 is 5.97 Å². The normalized spacial score (nSPS) is 17.5. The standard InChI is InChI=1S/C6H10O2.C3H8/c7-6-4-2-1-3-5-8-6;1-3-2/h1-5H2;3H2,1-2H3. The van der Waals surface area contributed by atoms with E-state index in [4.69, 9.17) is 4.74 Å². The molecule has 1 aliphatic rings. The van der Waals surface area contributed by atoms with Crippen LogP contribution in [0.15, 0.2) is 0 Å². The van der Waals surface area contributed by atoms with Gasteiger partial charge < -0.3 is 4.74 Å². The molecule has 0 amide bonds. The Bertz CT molecular complexity index is 89.7. The van der Waals surface area contributed by atoms with Crippen molar-refractivity contribution in [2.75, 3.05) is 6.61 Å². The van der Waals surface area contributed by atoms with Crippen molar-refractivity contribution in [3.63, 3.8) is 0 Å². The fourth-order valence-corrected chi connectivity index (χ4v) is 0.806. The molecule has 1 rings (SSSR count). The molecule has 1 heterocycles. The van der Waals surface area contributed by atoms with Crippen LogP contribution in [0.2, 0.25) is 0 Å². The van der Waals surface area contributed by atoms with Crippen molar-refractivity contribution in [1.82, 2.24) is 0 Å². The molecule has 66 valence electrons. The van der Waals surface area contributed by atoms with Crippen LogP contribution in [-0.4, -0.2) is 12.6 Å². The third kappa shape index (κ3) is 7.37. The summed E-state index contributed by atoms with van der Waals surface area (Å²) in [6.07, 6.45) is 5.08. The Balaban J connectivity index is 0.000000292. The molecule has 1 fully saturated rings. The Morgan fingerprint density at radius 1 is 1.27 bits per heavy atom. The number of rotatable bonds is 0. The predicted octanol–water partition coefficient (Wildman–Crippen LogP) is 2.52. The van der Waals surface area contributed by atoms with E-state index in [-0.39, 0.29) is 5.97 Å². The monoisotopic (exact) mass is 158 g/mol. The highest BCUT2D eigenvalue weighted by Crippen LogP contribution is 2.06. The van der Waals surface area contributed by atoms with Crippen LogP contribution in [0.25, 0.3) is 0 Å². The van der Waals surface area contributed by atoms with Gasteiger partial charge in [-0.3, -0.25) is 4.79 Å². The van der Waals surface area contributed by atoms with Crippen molar-refractivity contribution in [3.05, 3.63) is 0 Å². The lowest BCUT2D eigenvalue weighted by molar-refractivity contribution is -0.142. The van der Waals surface area contributed by atoms with Gasteiger partial charge in [-0.1, -0.05) is 20.3 Å². The number of ether oxygens (including phenoxy) is 1. The van der Waals surface area contributed by atoms with Crippen LogP contribution in [-0.2, 0) is 9.53 Å². The van der Waals surface area contributed by atoms with E-state index in [1.54, 1.807) is 0 Å². The van der Waals surface area contributed by atoms with Crippen LogP contribution in [0.3, 0.4) is 0 Å². The van der Waals surface area contributed by atoms with Gasteiger partial charge in [0.15, 0.2) is 0 Å². The molecular weight excluding hydrogens is 140 g/mol. The molecule has 0 atom stereocenters. The van der Waals surface area contributed by atoms with E-state index in [1.807, 2.05) is 0 Å². The first-order valence-corrected chi connectivity index (χ1v) is 4.46. The van der Waals surface area contributed by atoms with E-state index in [2.05, 4.69) is 13.8 Å². The number of carbonyl (C=O) groups is 1. The Morgan fingerprint density at radius 2 is 1.91 bits per heavy atom. The molecule has 0 aromatic rings. The van der Waals surface area contributed by atoms with E-state index < -0.39 is 0 Å². The van der Waals surface area contributed by atoms with Crippen LogP contribution in [0.4, 0.5) is 0 Å². The molecular formula is C9H18O2. The largest absolute Gasteiger partial charge is 0.466 e. The van der Waals surface area contributed by atoms with Gasteiger partial charge in [-0.15, -0.1) is 0 Å². The van der Waals surface area contributed by atoms with Gasteiger partial charge in [0, 0.05) is 6.42 Å². The Morgan fingerprint density at radius 3 is 2.55 bits per heavy atom. The molecule has 0 aromatic heterocycles. The average Bonchev–Trinajstić information content (AvgIpc) is 2.18. The van der Waals surface area contributed by atoms with Crippen LogP contribution < -0.4 is 0 Å². The third-order valence-corrected chi connectivity index (χ3v) is 1.29. The van der Waals surface area contributed by atoms with Crippen molar-refractivity contribution in [2.24, 2.45) is 0 Å². The molecule has 0 unspecified atom stereocenters. The molecule has 0 N–H and O–H groups in total. The van der Waals surface area contributed by atoms with Crippen LogP contribution in [0.1, 0.15) is 46.0 Å². The predicted molar refractivity (Wildman–Crippen MR) is 45.4 cm³/mol. The lowest BCUT2D eigenvalue weighted by Crippen LogP contribution is -2.00. The van der Waals surface area contributed by atoms with Gasteiger partial charge in [-0.2, -0.15) is 0 Å². The second-order valence-corrected chi connectivity index (χ2v) is 2.74. The van der Waals surface area contributed by atoms with Crippen molar-refractivity contribution in [1.29, 1.82) is 0 Å². The van der Waals surface area contributed by atoms with Gasteiger partial charge in [-0.25, -0.2) is 0 Å². The highest BCUT2D eigenvalue weighted by atomic mass is 16.5. The number of esters is 1. The molecule has 0 aliphatic carbocycles. The van der Waals surface area contributed by atoms with Gasteiger partial charge in [0.25, 0.3) is 0 Å². The average molecular weight is 158 g/mol. The quantitative estimate of drug-likeness (QED) is 0.506. The summed E-state index contributed by atoms with van der Waals surface area (Å²) in [5, 5.41) is 0. The molecule has 11 heavy (non-hydrogen) atoms. The first kappa shape index (κ1) is 10.5. The molecule has 0 saturated carbocycles. The zero-order valence-electron chi connectivity index (χ0n) is 7.56. The highest BCUT2D eigenvalue weighted by Gasteiger charge is 2.05. The molecule has 0 radical (unpaired) electrons. The lowest BCUT2D eigenvalue weighted by atomic mass is 10.2. The zero-order valence-corrected chi connectivity index (χ0v) is 7.56. The second kappa shape index (κ2) is 7.58. The minimum absolute atomic E-state index is 0.0255. The summed E-state index contributed by atoms with van der Waals surface area (Å²) >= 11 is 0. The van der Waals surface area contributed by atoms with E-state index in [0.717, 1.165) is 19.3 Å². The number of carbonyl (C=O) groups excluding carboxylic acids is 1. The Kier molecular flexibility index (Phi) is 7.21. The molecule has 0 aromatic carbocycles. The van der Waals surface area contributed by atoms with Crippen molar-refractivity contribution in [3.8, 4) is 0 Å². The van der Waals surface area contributed by atoms with E-state index in [1.165, 1.54) is 6.42 Å². The lowest BCUT2D eigenvalue weighted by Gasteiger charge is -1.93. The van der Waals surface area contributed by atoms with Gasteiger partial charge in [0.2, 0.25) is 0 Å². The van der Waals surface area contributed by atoms with E-state index >= 15 is 0 Å².